The molecule has 3 heterocycles. The number of fused-ring (bicyclic) bond motifs is 2. The van der Waals surface area contributed by atoms with E-state index in [0.717, 1.165) is 11.1 Å². The number of methoxy groups -OCH3 is 1. The maximum absolute atomic E-state index is 13.8. The molecule has 176 valence electrons. The number of ether oxygens (including phenoxy) is 2. The summed E-state index contributed by atoms with van der Waals surface area (Å²) in [6.45, 7) is 7.82. The van der Waals surface area contributed by atoms with Crippen LogP contribution in [0.3, 0.4) is 0 Å². The minimum atomic E-state index is -0.754. The van der Waals surface area contributed by atoms with Crippen molar-refractivity contribution in [3.8, 4) is 11.5 Å². The Bertz CT molecular complexity index is 1540. The molecule has 7 nitrogen and oxygen atoms in total. The van der Waals surface area contributed by atoms with Gasteiger partial charge >= 0.3 is 0 Å². The maximum atomic E-state index is 13.8. The standard InChI is InChI=1S/C28H24N2O5/c1-5-12-34-21-9-7-18(15-22(21)33-4)25-24-26(31)19-13-16(2)6-8-20(19)35-27(24)28(32)30(25)23-14-17(3)10-11-29-23/h5-11,13-15,25H,1,12H2,2-4H3. The second kappa shape index (κ2) is 8.76. The molecular formula is C28H24N2O5. The van der Waals surface area contributed by atoms with Crippen LogP contribution in [0.2, 0.25) is 0 Å². The third kappa shape index (κ3) is 3.75. The summed E-state index contributed by atoms with van der Waals surface area (Å²) < 4.78 is 17.3. The summed E-state index contributed by atoms with van der Waals surface area (Å²) in [5, 5.41) is 0.429. The third-order valence-electron chi connectivity index (χ3n) is 6.03. The second-order valence-electron chi connectivity index (χ2n) is 8.45. The SMILES string of the molecule is C=CCOc1ccc(C2c3c(oc4ccc(C)cc4c3=O)C(=O)N2c2cc(C)ccn2)cc1OC. The van der Waals surface area contributed by atoms with E-state index in [1.165, 1.54) is 12.0 Å². The zero-order chi connectivity index (χ0) is 24.7. The van der Waals surface area contributed by atoms with E-state index in [1.807, 2.05) is 38.1 Å². The Labute approximate surface area is 202 Å². The fourth-order valence-electron chi connectivity index (χ4n) is 4.41. The van der Waals surface area contributed by atoms with Crippen LogP contribution < -0.4 is 19.8 Å². The fraction of sp³-hybridized carbons (Fsp3) is 0.179. The van der Waals surface area contributed by atoms with E-state index in [0.29, 0.717) is 40.5 Å². The average molecular weight is 469 g/mol. The lowest BCUT2D eigenvalue weighted by molar-refractivity contribution is 0.0970. The van der Waals surface area contributed by atoms with E-state index < -0.39 is 11.9 Å². The summed E-state index contributed by atoms with van der Waals surface area (Å²) in [5.74, 6) is 1.03. The van der Waals surface area contributed by atoms with Crippen LogP contribution >= 0.6 is 0 Å². The largest absolute Gasteiger partial charge is 0.493 e. The summed E-state index contributed by atoms with van der Waals surface area (Å²) >= 11 is 0. The Morgan fingerprint density at radius 1 is 1.06 bits per heavy atom. The number of pyridine rings is 1. The summed E-state index contributed by atoms with van der Waals surface area (Å²) in [7, 11) is 1.54. The number of rotatable bonds is 6. The molecule has 1 amide bonds. The first kappa shape index (κ1) is 22.4. The Balaban J connectivity index is 1.77. The lowest BCUT2D eigenvalue weighted by Crippen LogP contribution is -2.30. The molecule has 0 saturated carbocycles. The number of benzene rings is 2. The minimum absolute atomic E-state index is 0.0191. The van der Waals surface area contributed by atoms with E-state index in [4.69, 9.17) is 13.9 Å². The highest BCUT2D eigenvalue weighted by Gasteiger charge is 2.44. The molecular weight excluding hydrogens is 444 g/mol. The number of amides is 1. The molecule has 2 aromatic heterocycles. The van der Waals surface area contributed by atoms with E-state index in [1.54, 1.807) is 36.5 Å². The number of carbonyl (C=O) groups is 1. The molecule has 35 heavy (non-hydrogen) atoms. The maximum Gasteiger partial charge on any atom is 0.296 e. The molecule has 1 unspecified atom stereocenters. The molecule has 0 aliphatic carbocycles. The Kier molecular flexibility index (Phi) is 5.61. The molecule has 7 heteroatoms. The zero-order valence-electron chi connectivity index (χ0n) is 19.7. The van der Waals surface area contributed by atoms with Gasteiger partial charge in [0.2, 0.25) is 5.76 Å². The Morgan fingerprint density at radius 3 is 2.60 bits per heavy atom. The van der Waals surface area contributed by atoms with E-state index in [9.17, 15) is 9.59 Å². The van der Waals surface area contributed by atoms with Crippen LogP contribution in [0.25, 0.3) is 11.0 Å². The number of aryl methyl sites for hydroxylation is 2. The molecule has 0 spiro atoms. The number of hydrogen-bond acceptors (Lipinski definition) is 6. The van der Waals surface area contributed by atoms with Gasteiger partial charge in [0.15, 0.2) is 16.9 Å². The van der Waals surface area contributed by atoms with Crippen molar-refractivity contribution < 1.29 is 18.7 Å². The Hall–Kier alpha value is -4.39. The normalized spacial score (nSPS) is 14.8. The topological polar surface area (TPSA) is 81.9 Å². The molecule has 1 atom stereocenters. The zero-order valence-corrected chi connectivity index (χ0v) is 19.7. The first-order chi connectivity index (χ1) is 16.9. The smallest absolute Gasteiger partial charge is 0.296 e. The van der Waals surface area contributed by atoms with Gasteiger partial charge in [-0.3, -0.25) is 14.5 Å². The van der Waals surface area contributed by atoms with Gasteiger partial charge in [0.05, 0.1) is 24.1 Å². The van der Waals surface area contributed by atoms with Crippen molar-refractivity contribution in [2.24, 2.45) is 0 Å². The molecule has 2 aromatic carbocycles. The highest BCUT2D eigenvalue weighted by molar-refractivity contribution is 6.10. The molecule has 0 bridgehead atoms. The van der Waals surface area contributed by atoms with Gasteiger partial charge in [0.1, 0.15) is 18.0 Å². The van der Waals surface area contributed by atoms with Gasteiger partial charge in [0, 0.05) is 6.20 Å². The fourth-order valence-corrected chi connectivity index (χ4v) is 4.41. The van der Waals surface area contributed by atoms with Gasteiger partial charge in [-0.05, 0) is 61.4 Å². The third-order valence-corrected chi connectivity index (χ3v) is 6.03. The van der Waals surface area contributed by atoms with Crippen LogP contribution in [0.4, 0.5) is 5.82 Å². The summed E-state index contributed by atoms with van der Waals surface area (Å²) in [6, 6.07) is 13.6. The lowest BCUT2D eigenvalue weighted by atomic mass is 9.97. The highest BCUT2D eigenvalue weighted by Crippen LogP contribution is 2.42. The quantitative estimate of drug-likeness (QED) is 0.365. The van der Waals surface area contributed by atoms with Crippen LogP contribution in [0.15, 0.2) is 76.6 Å². The average Bonchev–Trinajstić information content (AvgIpc) is 3.15. The number of aromatic nitrogens is 1. The van der Waals surface area contributed by atoms with Crippen molar-refractivity contribution >= 4 is 22.7 Å². The molecule has 0 fully saturated rings. The minimum Gasteiger partial charge on any atom is -0.493 e. The van der Waals surface area contributed by atoms with Gasteiger partial charge in [-0.25, -0.2) is 4.98 Å². The number of carbonyl (C=O) groups excluding carboxylic acids is 1. The number of nitrogens with zero attached hydrogens (tertiary/aromatic N) is 2. The van der Waals surface area contributed by atoms with E-state index in [-0.39, 0.29) is 16.8 Å². The molecule has 4 aromatic rings. The Morgan fingerprint density at radius 2 is 1.86 bits per heavy atom. The van der Waals surface area contributed by atoms with Gasteiger partial charge in [0.25, 0.3) is 5.91 Å². The number of anilines is 1. The molecule has 1 aliphatic heterocycles. The van der Waals surface area contributed by atoms with Gasteiger partial charge in [-0.1, -0.05) is 30.4 Å². The van der Waals surface area contributed by atoms with Crippen LogP contribution in [-0.2, 0) is 0 Å². The number of hydrogen-bond donors (Lipinski definition) is 0. The molecule has 0 N–H and O–H groups in total. The van der Waals surface area contributed by atoms with Crippen molar-refractivity contribution in [3.63, 3.8) is 0 Å². The first-order valence-corrected chi connectivity index (χ1v) is 11.2. The molecule has 1 aliphatic rings. The van der Waals surface area contributed by atoms with Crippen molar-refractivity contribution in [2.45, 2.75) is 19.9 Å². The van der Waals surface area contributed by atoms with Crippen LogP contribution in [-0.4, -0.2) is 24.6 Å². The highest BCUT2D eigenvalue weighted by atomic mass is 16.5. The van der Waals surface area contributed by atoms with Crippen molar-refractivity contribution in [1.29, 1.82) is 0 Å². The van der Waals surface area contributed by atoms with Crippen LogP contribution in [0.5, 0.6) is 11.5 Å². The molecule has 5 rings (SSSR count). The second-order valence-corrected chi connectivity index (χ2v) is 8.45. The van der Waals surface area contributed by atoms with Crippen LogP contribution in [0.1, 0.15) is 38.9 Å². The van der Waals surface area contributed by atoms with Gasteiger partial charge in [-0.15, -0.1) is 0 Å². The van der Waals surface area contributed by atoms with Crippen molar-refractivity contribution in [3.05, 3.63) is 106 Å². The predicted molar refractivity (Wildman–Crippen MR) is 134 cm³/mol. The van der Waals surface area contributed by atoms with Gasteiger partial charge in [-0.2, -0.15) is 0 Å². The molecule has 0 radical (unpaired) electrons. The summed E-state index contributed by atoms with van der Waals surface area (Å²) in [6.07, 6.45) is 3.28. The van der Waals surface area contributed by atoms with Crippen LogP contribution in [0, 0.1) is 13.8 Å². The summed E-state index contributed by atoms with van der Waals surface area (Å²) in [5.41, 5.74) is 2.93. The predicted octanol–water partition coefficient (Wildman–Crippen LogP) is 5.13. The van der Waals surface area contributed by atoms with E-state index >= 15 is 0 Å². The van der Waals surface area contributed by atoms with Crippen molar-refractivity contribution in [1.82, 2.24) is 4.98 Å². The monoisotopic (exact) mass is 468 g/mol. The first-order valence-electron chi connectivity index (χ1n) is 11.2. The van der Waals surface area contributed by atoms with Crippen molar-refractivity contribution in [2.75, 3.05) is 18.6 Å². The molecule has 0 saturated heterocycles. The van der Waals surface area contributed by atoms with Gasteiger partial charge < -0.3 is 13.9 Å². The van der Waals surface area contributed by atoms with E-state index in [2.05, 4.69) is 11.6 Å². The lowest BCUT2D eigenvalue weighted by Gasteiger charge is -2.25. The summed E-state index contributed by atoms with van der Waals surface area (Å²) in [4.78, 5) is 33.4.